The predicted octanol–water partition coefficient (Wildman–Crippen LogP) is 5.76. The van der Waals surface area contributed by atoms with Crippen LogP contribution in [0.2, 0.25) is 0 Å². The van der Waals surface area contributed by atoms with E-state index in [2.05, 4.69) is 23.3 Å². The molecule has 25 heavy (non-hydrogen) atoms. The Bertz CT molecular complexity index is 754. The fourth-order valence-electron chi connectivity index (χ4n) is 3.09. The first-order valence-electron chi connectivity index (χ1n) is 9.40. The van der Waals surface area contributed by atoms with Crippen LogP contribution in [0.3, 0.4) is 0 Å². The number of nitrogens with zero attached hydrogens (tertiary/aromatic N) is 3. The minimum atomic E-state index is -0.124. The molecule has 0 aliphatic heterocycles. The van der Waals surface area contributed by atoms with Crippen LogP contribution in [0.25, 0.3) is 11.0 Å². The van der Waals surface area contributed by atoms with Crippen LogP contribution in [0.1, 0.15) is 58.1 Å². The molecular formula is C21H27N3O. The van der Waals surface area contributed by atoms with E-state index in [9.17, 15) is 0 Å². The van der Waals surface area contributed by atoms with Gasteiger partial charge in [0.1, 0.15) is 11.3 Å². The number of hydrogen-bond donors (Lipinski definition) is 0. The summed E-state index contributed by atoms with van der Waals surface area (Å²) in [6.07, 6.45) is 8.42. The van der Waals surface area contributed by atoms with Crippen LogP contribution >= 0.6 is 0 Å². The fourth-order valence-corrected chi connectivity index (χ4v) is 3.09. The Balaban J connectivity index is 1.70. The maximum Gasteiger partial charge on any atom is 0.193 e. The quantitative estimate of drug-likeness (QED) is 0.442. The number of para-hydroxylation sites is 2. The van der Waals surface area contributed by atoms with Gasteiger partial charge in [0.15, 0.2) is 6.23 Å². The molecule has 1 aromatic heterocycles. The van der Waals surface area contributed by atoms with Crippen LogP contribution in [0, 0.1) is 0 Å². The Kier molecular flexibility index (Phi) is 6.43. The molecule has 1 unspecified atom stereocenters. The van der Waals surface area contributed by atoms with E-state index in [1.165, 1.54) is 32.1 Å². The average molecular weight is 337 g/mol. The van der Waals surface area contributed by atoms with Crippen LogP contribution in [0.15, 0.2) is 54.6 Å². The molecule has 0 radical (unpaired) electrons. The van der Waals surface area contributed by atoms with E-state index in [0.717, 1.165) is 29.6 Å². The second-order valence-electron chi connectivity index (χ2n) is 6.46. The van der Waals surface area contributed by atoms with Gasteiger partial charge in [-0.3, -0.25) is 0 Å². The summed E-state index contributed by atoms with van der Waals surface area (Å²) < 4.78 is 8.18. The van der Waals surface area contributed by atoms with E-state index in [-0.39, 0.29) is 6.23 Å². The van der Waals surface area contributed by atoms with Crippen LogP contribution in [0.4, 0.5) is 0 Å². The maximum atomic E-state index is 6.26. The molecular weight excluding hydrogens is 310 g/mol. The van der Waals surface area contributed by atoms with Gasteiger partial charge in [-0.1, -0.05) is 74.6 Å². The lowest BCUT2D eigenvalue weighted by Gasteiger charge is -2.20. The number of rotatable bonds is 10. The highest BCUT2D eigenvalue weighted by atomic mass is 16.5. The predicted molar refractivity (Wildman–Crippen MR) is 102 cm³/mol. The number of hydrogen-bond acceptors (Lipinski definition) is 3. The Labute approximate surface area is 149 Å². The van der Waals surface area contributed by atoms with Crippen LogP contribution < -0.4 is 4.74 Å². The van der Waals surface area contributed by atoms with Gasteiger partial charge in [-0.05, 0) is 30.7 Å². The van der Waals surface area contributed by atoms with E-state index < -0.39 is 0 Å². The lowest BCUT2D eigenvalue weighted by atomic mass is 10.1. The highest BCUT2D eigenvalue weighted by molar-refractivity contribution is 5.73. The molecule has 0 aliphatic carbocycles. The van der Waals surface area contributed by atoms with Crippen molar-refractivity contribution in [2.45, 2.75) is 58.1 Å². The molecule has 0 amide bonds. The monoisotopic (exact) mass is 337 g/mol. The summed E-state index contributed by atoms with van der Waals surface area (Å²) in [6, 6.07) is 18.0. The highest BCUT2D eigenvalue weighted by Gasteiger charge is 2.17. The van der Waals surface area contributed by atoms with Crippen molar-refractivity contribution in [1.82, 2.24) is 15.0 Å². The first kappa shape index (κ1) is 17.5. The first-order chi connectivity index (χ1) is 12.4. The van der Waals surface area contributed by atoms with E-state index in [4.69, 9.17) is 4.74 Å². The zero-order valence-corrected chi connectivity index (χ0v) is 15.0. The minimum absolute atomic E-state index is 0.124. The molecule has 0 spiro atoms. The standard InChI is InChI=1S/C21H27N3O/c1-2-3-4-5-6-10-17-21(25-18-13-8-7-9-14-18)24-20-16-12-11-15-19(20)22-23-24/h7-9,11-16,21H,2-6,10,17H2,1H3. The van der Waals surface area contributed by atoms with Crippen LogP contribution in [-0.4, -0.2) is 15.0 Å². The zero-order valence-electron chi connectivity index (χ0n) is 15.0. The molecule has 132 valence electrons. The Morgan fingerprint density at radius 2 is 1.60 bits per heavy atom. The van der Waals surface area contributed by atoms with Crippen molar-refractivity contribution in [3.05, 3.63) is 54.6 Å². The van der Waals surface area contributed by atoms with Crippen molar-refractivity contribution in [2.24, 2.45) is 0 Å². The summed E-state index contributed by atoms with van der Waals surface area (Å²) >= 11 is 0. The normalized spacial score (nSPS) is 12.4. The molecule has 0 saturated heterocycles. The third-order valence-electron chi connectivity index (χ3n) is 4.47. The van der Waals surface area contributed by atoms with E-state index >= 15 is 0 Å². The first-order valence-corrected chi connectivity index (χ1v) is 9.40. The Hall–Kier alpha value is -2.36. The van der Waals surface area contributed by atoms with Crippen molar-refractivity contribution in [2.75, 3.05) is 0 Å². The van der Waals surface area contributed by atoms with Crippen molar-refractivity contribution in [3.63, 3.8) is 0 Å². The highest BCUT2D eigenvalue weighted by Crippen LogP contribution is 2.25. The third-order valence-corrected chi connectivity index (χ3v) is 4.47. The molecule has 0 aliphatic rings. The Morgan fingerprint density at radius 3 is 2.44 bits per heavy atom. The molecule has 0 saturated carbocycles. The van der Waals surface area contributed by atoms with Gasteiger partial charge in [-0.25, -0.2) is 4.68 Å². The molecule has 3 aromatic rings. The summed E-state index contributed by atoms with van der Waals surface area (Å²) in [7, 11) is 0. The summed E-state index contributed by atoms with van der Waals surface area (Å²) in [4.78, 5) is 0. The number of aromatic nitrogens is 3. The molecule has 0 N–H and O–H groups in total. The number of unbranched alkanes of at least 4 members (excludes halogenated alkanes) is 5. The largest absolute Gasteiger partial charge is 0.469 e. The molecule has 1 atom stereocenters. The van der Waals surface area contributed by atoms with E-state index in [1.807, 2.05) is 53.2 Å². The van der Waals surface area contributed by atoms with Gasteiger partial charge in [-0.2, -0.15) is 0 Å². The maximum absolute atomic E-state index is 6.26. The SMILES string of the molecule is CCCCCCCCC(Oc1ccccc1)n1nnc2ccccc21. The molecule has 0 bridgehead atoms. The summed E-state index contributed by atoms with van der Waals surface area (Å²) in [5, 5.41) is 8.64. The molecule has 4 heteroatoms. The van der Waals surface area contributed by atoms with Crippen molar-refractivity contribution >= 4 is 11.0 Å². The number of fused-ring (bicyclic) bond motifs is 1. The topological polar surface area (TPSA) is 39.9 Å². The summed E-state index contributed by atoms with van der Waals surface area (Å²) in [5.74, 6) is 0.873. The van der Waals surface area contributed by atoms with Gasteiger partial charge in [-0.15, -0.1) is 5.10 Å². The lowest BCUT2D eigenvalue weighted by molar-refractivity contribution is 0.108. The second kappa shape index (κ2) is 9.21. The van der Waals surface area contributed by atoms with Crippen LogP contribution in [0.5, 0.6) is 5.75 Å². The zero-order chi connectivity index (χ0) is 17.3. The van der Waals surface area contributed by atoms with Gasteiger partial charge >= 0.3 is 0 Å². The van der Waals surface area contributed by atoms with Gasteiger partial charge in [0.25, 0.3) is 0 Å². The van der Waals surface area contributed by atoms with Crippen molar-refractivity contribution < 1.29 is 4.74 Å². The molecule has 4 nitrogen and oxygen atoms in total. The molecule has 0 fully saturated rings. The molecule has 2 aromatic carbocycles. The van der Waals surface area contributed by atoms with Gasteiger partial charge in [0.05, 0.1) is 5.52 Å². The van der Waals surface area contributed by atoms with Crippen molar-refractivity contribution in [3.8, 4) is 5.75 Å². The van der Waals surface area contributed by atoms with Crippen LogP contribution in [-0.2, 0) is 0 Å². The van der Waals surface area contributed by atoms with Gasteiger partial charge in [0.2, 0.25) is 0 Å². The second-order valence-corrected chi connectivity index (χ2v) is 6.46. The van der Waals surface area contributed by atoms with E-state index in [1.54, 1.807) is 0 Å². The lowest BCUT2D eigenvalue weighted by Crippen LogP contribution is -2.17. The fraction of sp³-hybridized carbons (Fsp3) is 0.429. The van der Waals surface area contributed by atoms with Gasteiger partial charge in [0, 0.05) is 6.42 Å². The third kappa shape index (κ3) is 4.81. The van der Waals surface area contributed by atoms with Crippen molar-refractivity contribution in [1.29, 1.82) is 0 Å². The average Bonchev–Trinajstić information content (AvgIpc) is 3.08. The van der Waals surface area contributed by atoms with Gasteiger partial charge < -0.3 is 4.74 Å². The molecule has 1 heterocycles. The van der Waals surface area contributed by atoms with E-state index in [0.29, 0.717) is 0 Å². The smallest absolute Gasteiger partial charge is 0.193 e. The molecule has 3 rings (SSSR count). The number of benzene rings is 2. The summed E-state index contributed by atoms with van der Waals surface area (Å²) in [6.45, 7) is 2.25. The minimum Gasteiger partial charge on any atom is -0.469 e. The Morgan fingerprint density at radius 1 is 0.880 bits per heavy atom. The summed E-state index contributed by atoms with van der Waals surface area (Å²) in [5.41, 5.74) is 1.93. The number of ether oxygens (including phenoxy) is 1.